The lowest BCUT2D eigenvalue weighted by molar-refractivity contribution is 0.559. The third kappa shape index (κ3) is 3.09. The van der Waals surface area contributed by atoms with E-state index in [0.717, 1.165) is 11.3 Å². The van der Waals surface area contributed by atoms with Gasteiger partial charge in [0.1, 0.15) is 9.84 Å². The topological polar surface area (TPSA) is 72.2 Å². The van der Waals surface area contributed by atoms with E-state index in [1.54, 1.807) is 6.07 Å². The van der Waals surface area contributed by atoms with Crippen LogP contribution in [0.3, 0.4) is 0 Å². The zero-order valence-corrected chi connectivity index (χ0v) is 11.8. The summed E-state index contributed by atoms with van der Waals surface area (Å²) in [5, 5.41) is 3.87. The molecule has 0 bridgehead atoms. The highest BCUT2D eigenvalue weighted by atomic mass is 35.5. The Bertz CT molecular complexity index is 543. The number of rotatable bonds is 2. The molecule has 0 unspecified atom stereocenters. The lowest BCUT2D eigenvalue weighted by atomic mass is 10.1. The molecular formula is C12H17ClN2O2S. The van der Waals surface area contributed by atoms with E-state index in [4.69, 9.17) is 17.3 Å². The molecule has 1 aliphatic heterocycles. The first-order chi connectivity index (χ1) is 8.37. The van der Waals surface area contributed by atoms with Crippen LogP contribution in [0.5, 0.6) is 0 Å². The van der Waals surface area contributed by atoms with Gasteiger partial charge in [-0.25, -0.2) is 8.42 Å². The number of nitrogens with one attached hydrogen (secondary N) is 1. The molecule has 0 atom stereocenters. The van der Waals surface area contributed by atoms with Gasteiger partial charge in [0.15, 0.2) is 0 Å². The molecule has 0 aromatic heterocycles. The summed E-state index contributed by atoms with van der Waals surface area (Å²) in [7, 11) is -2.82. The largest absolute Gasteiger partial charge is 0.398 e. The maximum atomic E-state index is 11.3. The van der Waals surface area contributed by atoms with Crippen LogP contribution in [-0.2, 0) is 9.84 Å². The monoisotopic (exact) mass is 288 g/mol. The van der Waals surface area contributed by atoms with Gasteiger partial charge in [-0.1, -0.05) is 11.6 Å². The van der Waals surface area contributed by atoms with Crippen molar-refractivity contribution in [2.75, 3.05) is 22.6 Å². The predicted octanol–water partition coefficient (Wildman–Crippen LogP) is 2.22. The van der Waals surface area contributed by atoms with Crippen LogP contribution in [0.15, 0.2) is 12.1 Å². The van der Waals surface area contributed by atoms with Crippen LogP contribution in [0.4, 0.5) is 11.4 Å². The molecule has 1 saturated heterocycles. The van der Waals surface area contributed by atoms with Gasteiger partial charge < -0.3 is 11.1 Å². The van der Waals surface area contributed by atoms with Gasteiger partial charge in [-0.15, -0.1) is 0 Å². The number of nitrogen functional groups attached to an aromatic ring is 1. The molecule has 0 amide bonds. The second-order valence-corrected chi connectivity index (χ2v) is 7.47. The Labute approximate surface area is 112 Å². The molecule has 18 heavy (non-hydrogen) atoms. The van der Waals surface area contributed by atoms with Crippen LogP contribution in [0.25, 0.3) is 0 Å². The molecule has 1 aliphatic rings. The molecule has 0 saturated carbocycles. The normalized spacial score (nSPS) is 19.7. The zero-order valence-electron chi connectivity index (χ0n) is 10.2. The van der Waals surface area contributed by atoms with Crippen molar-refractivity contribution >= 4 is 32.8 Å². The molecule has 100 valence electrons. The maximum absolute atomic E-state index is 11.3. The summed E-state index contributed by atoms with van der Waals surface area (Å²) in [5.41, 5.74) is 8.23. The molecule has 1 aromatic carbocycles. The van der Waals surface area contributed by atoms with E-state index in [2.05, 4.69) is 5.32 Å². The van der Waals surface area contributed by atoms with E-state index >= 15 is 0 Å². The van der Waals surface area contributed by atoms with Crippen molar-refractivity contribution in [3.05, 3.63) is 22.7 Å². The fraction of sp³-hybridized carbons (Fsp3) is 0.500. The highest BCUT2D eigenvalue weighted by Crippen LogP contribution is 2.28. The number of anilines is 2. The Balaban J connectivity index is 2.09. The van der Waals surface area contributed by atoms with Gasteiger partial charge in [-0.3, -0.25) is 0 Å². The number of aryl methyl sites for hydroxylation is 1. The van der Waals surface area contributed by atoms with Crippen molar-refractivity contribution in [2.24, 2.45) is 0 Å². The highest BCUT2D eigenvalue weighted by Gasteiger charge is 2.23. The smallest absolute Gasteiger partial charge is 0.150 e. The maximum Gasteiger partial charge on any atom is 0.150 e. The van der Waals surface area contributed by atoms with Gasteiger partial charge in [0.25, 0.3) is 0 Å². The van der Waals surface area contributed by atoms with Crippen molar-refractivity contribution in [2.45, 2.75) is 25.8 Å². The van der Waals surface area contributed by atoms with Crippen LogP contribution in [-0.4, -0.2) is 26.0 Å². The number of hydrogen-bond donors (Lipinski definition) is 2. The molecule has 3 N–H and O–H groups in total. The van der Waals surface area contributed by atoms with Crippen molar-refractivity contribution < 1.29 is 8.42 Å². The Kier molecular flexibility index (Phi) is 3.73. The number of hydrogen-bond acceptors (Lipinski definition) is 4. The quantitative estimate of drug-likeness (QED) is 0.819. The molecule has 0 radical (unpaired) electrons. The Morgan fingerprint density at radius 2 is 1.94 bits per heavy atom. The van der Waals surface area contributed by atoms with Crippen LogP contribution in [0.2, 0.25) is 5.02 Å². The number of benzene rings is 1. The van der Waals surface area contributed by atoms with E-state index in [1.807, 2.05) is 13.0 Å². The summed E-state index contributed by atoms with van der Waals surface area (Å²) < 4.78 is 22.7. The van der Waals surface area contributed by atoms with Crippen LogP contribution in [0, 0.1) is 6.92 Å². The minimum absolute atomic E-state index is 0.187. The summed E-state index contributed by atoms with van der Waals surface area (Å²) in [6.07, 6.45) is 1.29. The van der Waals surface area contributed by atoms with Gasteiger partial charge in [0.05, 0.1) is 22.2 Å². The first-order valence-electron chi connectivity index (χ1n) is 5.90. The van der Waals surface area contributed by atoms with E-state index in [1.165, 1.54) is 0 Å². The average Bonchev–Trinajstić information content (AvgIpc) is 2.28. The van der Waals surface area contributed by atoms with Crippen molar-refractivity contribution in [3.63, 3.8) is 0 Å². The van der Waals surface area contributed by atoms with Gasteiger partial charge in [-0.2, -0.15) is 0 Å². The van der Waals surface area contributed by atoms with Crippen LogP contribution < -0.4 is 11.1 Å². The lowest BCUT2D eigenvalue weighted by Crippen LogP contribution is -2.32. The first kappa shape index (κ1) is 13.5. The van der Waals surface area contributed by atoms with E-state index in [0.29, 0.717) is 23.6 Å². The Hall–Kier alpha value is -0.940. The molecule has 1 heterocycles. The molecule has 0 aliphatic carbocycles. The summed E-state index contributed by atoms with van der Waals surface area (Å²) in [5.74, 6) is 0.513. The van der Waals surface area contributed by atoms with Crippen LogP contribution in [0.1, 0.15) is 18.4 Å². The van der Waals surface area contributed by atoms with E-state index < -0.39 is 9.84 Å². The first-order valence-corrected chi connectivity index (χ1v) is 8.10. The SMILES string of the molecule is Cc1cc(N)c(Cl)cc1NC1CCS(=O)(=O)CC1. The van der Waals surface area contributed by atoms with Crippen LogP contribution >= 0.6 is 11.6 Å². The third-order valence-electron chi connectivity index (χ3n) is 3.26. The van der Waals surface area contributed by atoms with Gasteiger partial charge in [-0.05, 0) is 37.5 Å². The second-order valence-electron chi connectivity index (χ2n) is 4.76. The molecule has 4 nitrogen and oxygen atoms in total. The summed E-state index contributed by atoms with van der Waals surface area (Å²) in [6.45, 7) is 1.95. The second kappa shape index (κ2) is 4.97. The van der Waals surface area contributed by atoms with Crippen molar-refractivity contribution in [1.82, 2.24) is 0 Å². The standard InChI is InChI=1S/C12H17ClN2O2S/c1-8-6-11(14)10(13)7-12(8)15-9-2-4-18(16,17)5-3-9/h6-7,9,15H,2-5,14H2,1H3. The van der Waals surface area contributed by atoms with Gasteiger partial charge in [0.2, 0.25) is 0 Å². The van der Waals surface area contributed by atoms with Gasteiger partial charge in [0, 0.05) is 11.7 Å². The summed E-state index contributed by atoms with van der Waals surface area (Å²) >= 11 is 5.99. The van der Waals surface area contributed by atoms with E-state index in [9.17, 15) is 8.42 Å². The summed E-state index contributed by atoms with van der Waals surface area (Å²) in [6, 6.07) is 3.81. The Morgan fingerprint density at radius 3 is 2.56 bits per heavy atom. The van der Waals surface area contributed by atoms with Crippen molar-refractivity contribution in [3.8, 4) is 0 Å². The minimum Gasteiger partial charge on any atom is -0.398 e. The molecule has 2 rings (SSSR count). The van der Waals surface area contributed by atoms with Gasteiger partial charge >= 0.3 is 0 Å². The average molecular weight is 289 g/mol. The molecule has 0 spiro atoms. The third-order valence-corrected chi connectivity index (χ3v) is 5.30. The highest BCUT2D eigenvalue weighted by molar-refractivity contribution is 7.91. The number of nitrogens with two attached hydrogens (primary N) is 1. The lowest BCUT2D eigenvalue weighted by Gasteiger charge is -2.25. The fourth-order valence-electron chi connectivity index (χ4n) is 2.11. The molecule has 1 aromatic rings. The Morgan fingerprint density at radius 1 is 1.33 bits per heavy atom. The zero-order chi connectivity index (χ0) is 13.3. The summed E-state index contributed by atoms with van der Waals surface area (Å²) in [4.78, 5) is 0. The minimum atomic E-state index is -2.82. The fourth-order valence-corrected chi connectivity index (χ4v) is 3.77. The molecule has 6 heteroatoms. The molecule has 1 fully saturated rings. The van der Waals surface area contributed by atoms with Crippen molar-refractivity contribution in [1.29, 1.82) is 0 Å². The number of halogens is 1. The molecular weight excluding hydrogens is 272 g/mol. The van der Waals surface area contributed by atoms with E-state index in [-0.39, 0.29) is 17.5 Å². The predicted molar refractivity (Wildman–Crippen MR) is 75.9 cm³/mol. The number of sulfone groups is 1.